The monoisotopic (exact) mass is 277 g/mol. The van der Waals surface area contributed by atoms with Crippen LogP contribution in [0, 0.1) is 0 Å². The molecule has 7 heteroatoms. The van der Waals surface area contributed by atoms with E-state index in [9.17, 15) is 18.3 Å². The number of rotatable bonds is 3. The molecule has 4 N–H and O–H groups in total. The molecule has 1 rings (SSSR count). The number of pyridine rings is 1. The van der Waals surface area contributed by atoms with Gasteiger partial charge in [0, 0.05) is 0 Å². The van der Waals surface area contributed by atoms with Crippen LogP contribution in [0.4, 0.5) is 24.8 Å². The van der Waals surface area contributed by atoms with Crippen molar-refractivity contribution in [3.05, 3.63) is 17.7 Å². The van der Waals surface area contributed by atoms with Crippen molar-refractivity contribution in [3.8, 4) is 0 Å². The van der Waals surface area contributed by atoms with Gasteiger partial charge in [-0.2, -0.15) is 13.2 Å². The van der Waals surface area contributed by atoms with E-state index in [-0.39, 0.29) is 11.6 Å². The fourth-order valence-corrected chi connectivity index (χ4v) is 1.25. The van der Waals surface area contributed by atoms with Crippen molar-refractivity contribution in [2.45, 2.75) is 45.0 Å². The van der Waals surface area contributed by atoms with Crippen molar-refractivity contribution >= 4 is 11.6 Å². The Kier molecular flexibility index (Phi) is 3.73. The zero-order valence-electron chi connectivity index (χ0n) is 11.3. The minimum absolute atomic E-state index is 0.0283. The number of aromatic nitrogens is 1. The summed E-state index contributed by atoms with van der Waals surface area (Å²) in [6.45, 7) is 6.42. The van der Waals surface area contributed by atoms with Crippen LogP contribution in [0.15, 0.2) is 12.1 Å². The third-order valence-electron chi connectivity index (χ3n) is 3.14. The Morgan fingerprint density at radius 3 is 2.11 bits per heavy atom. The van der Waals surface area contributed by atoms with E-state index in [0.29, 0.717) is 0 Å². The SMILES string of the molecule is CC(C)(O)C(C)(C)Nc1cc(C(F)(F)F)cc(N)n1. The fourth-order valence-electron chi connectivity index (χ4n) is 1.25. The lowest BCUT2D eigenvalue weighted by Gasteiger charge is -2.38. The molecule has 0 aliphatic heterocycles. The van der Waals surface area contributed by atoms with Gasteiger partial charge in [-0.05, 0) is 39.8 Å². The van der Waals surface area contributed by atoms with E-state index in [4.69, 9.17) is 5.73 Å². The highest BCUT2D eigenvalue weighted by Gasteiger charge is 2.36. The van der Waals surface area contributed by atoms with Gasteiger partial charge in [0.1, 0.15) is 11.6 Å². The topological polar surface area (TPSA) is 71.2 Å². The van der Waals surface area contributed by atoms with Crippen molar-refractivity contribution < 1.29 is 18.3 Å². The van der Waals surface area contributed by atoms with Crippen LogP contribution in [0.3, 0.4) is 0 Å². The van der Waals surface area contributed by atoms with Crippen LogP contribution in [-0.2, 0) is 6.18 Å². The van der Waals surface area contributed by atoms with Crippen molar-refractivity contribution in [3.63, 3.8) is 0 Å². The fraction of sp³-hybridized carbons (Fsp3) is 0.583. The Morgan fingerprint density at radius 2 is 1.68 bits per heavy atom. The Labute approximate surface area is 109 Å². The normalized spacial score (nSPS) is 13.5. The van der Waals surface area contributed by atoms with Crippen molar-refractivity contribution in [1.82, 2.24) is 4.98 Å². The second kappa shape index (κ2) is 4.56. The number of anilines is 2. The molecule has 0 spiro atoms. The van der Waals surface area contributed by atoms with E-state index < -0.39 is 22.9 Å². The summed E-state index contributed by atoms with van der Waals surface area (Å²) in [4.78, 5) is 3.80. The molecule has 108 valence electrons. The Balaban J connectivity index is 3.13. The molecule has 0 amide bonds. The third kappa shape index (κ3) is 3.73. The molecule has 4 nitrogen and oxygen atoms in total. The van der Waals surface area contributed by atoms with Crippen LogP contribution in [-0.4, -0.2) is 21.2 Å². The van der Waals surface area contributed by atoms with Gasteiger partial charge in [-0.1, -0.05) is 0 Å². The van der Waals surface area contributed by atoms with E-state index in [1.54, 1.807) is 27.7 Å². The molecule has 19 heavy (non-hydrogen) atoms. The largest absolute Gasteiger partial charge is 0.416 e. The highest BCUT2D eigenvalue weighted by Crippen LogP contribution is 2.33. The first-order chi connectivity index (χ1) is 8.33. The summed E-state index contributed by atoms with van der Waals surface area (Å²) in [5.41, 5.74) is 2.46. The number of nitrogen functional groups attached to an aromatic ring is 1. The maximum Gasteiger partial charge on any atom is 0.416 e. The average Bonchev–Trinajstić information content (AvgIpc) is 2.12. The summed E-state index contributed by atoms with van der Waals surface area (Å²) < 4.78 is 38.0. The summed E-state index contributed by atoms with van der Waals surface area (Å²) in [7, 11) is 0. The van der Waals surface area contributed by atoms with Crippen molar-refractivity contribution in [2.24, 2.45) is 0 Å². The Hall–Kier alpha value is -1.50. The first-order valence-corrected chi connectivity index (χ1v) is 5.68. The molecular weight excluding hydrogens is 259 g/mol. The summed E-state index contributed by atoms with van der Waals surface area (Å²) in [6, 6.07) is 1.63. The van der Waals surface area contributed by atoms with E-state index in [1.165, 1.54) is 0 Å². The molecular formula is C12H18F3N3O. The Bertz CT molecular complexity index is 464. The van der Waals surface area contributed by atoms with Crippen LogP contribution in [0.1, 0.15) is 33.3 Å². The van der Waals surface area contributed by atoms with E-state index in [1.807, 2.05) is 0 Å². The molecule has 0 aliphatic carbocycles. The van der Waals surface area contributed by atoms with Gasteiger partial charge < -0.3 is 16.2 Å². The first-order valence-electron chi connectivity index (χ1n) is 5.68. The molecule has 0 bridgehead atoms. The molecule has 1 aromatic rings. The second-order valence-corrected chi connectivity index (χ2v) is 5.47. The van der Waals surface area contributed by atoms with Crippen LogP contribution < -0.4 is 11.1 Å². The number of nitrogens with one attached hydrogen (secondary N) is 1. The number of hydrogen-bond acceptors (Lipinski definition) is 4. The van der Waals surface area contributed by atoms with Crippen molar-refractivity contribution in [2.75, 3.05) is 11.1 Å². The smallest absolute Gasteiger partial charge is 0.388 e. The number of hydrogen-bond donors (Lipinski definition) is 3. The number of alkyl halides is 3. The van der Waals surface area contributed by atoms with Gasteiger partial charge in [0.05, 0.1) is 16.7 Å². The zero-order valence-corrected chi connectivity index (χ0v) is 11.3. The Morgan fingerprint density at radius 1 is 1.16 bits per heavy atom. The predicted octanol–water partition coefficient (Wildman–Crippen LogP) is 2.64. The van der Waals surface area contributed by atoms with E-state index in [2.05, 4.69) is 10.3 Å². The molecule has 0 radical (unpaired) electrons. The molecule has 0 aromatic carbocycles. The predicted molar refractivity (Wildman–Crippen MR) is 67.7 cm³/mol. The highest BCUT2D eigenvalue weighted by atomic mass is 19.4. The summed E-state index contributed by atoms with van der Waals surface area (Å²) in [5.74, 6) is -0.261. The molecule has 0 aliphatic rings. The summed E-state index contributed by atoms with van der Waals surface area (Å²) >= 11 is 0. The zero-order chi connectivity index (χ0) is 15.1. The molecule has 1 heterocycles. The van der Waals surface area contributed by atoms with Gasteiger partial charge in [0.25, 0.3) is 0 Å². The van der Waals surface area contributed by atoms with Gasteiger partial charge in [-0.3, -0.25) is 0 Å². The number of halogens is 3. The van der Waals surface area contributed by atoms with Gasteiger partial charge in [0.15, 0.2) is 0 Å². The van der Waals surface area contributed by atoms with Crippen LogP contribution in [0.25, 0.3) is 0 Å². The quantitative estimate of drug-likeness (QED) is 0.794. The van der Waals surface area contributed by atoms with E-state index >= 15 is 0 Å². The lowest BCUT2D eigenvalue weighted by molar-refractivity contribution is -0.137. The number of nitrogens with zero attached hydrogens (tertiary/aromatic N) is 1. The molecule has 0 saturated carbocycles. The molecule has 0 unspecified atom stereocenters. The van der Waals surface area contributed by atoms with Gasteiger partial charge in [-0.15, -0.1) is 0 Å². The minimum Gasteiger partial charge on any atom is -0.388 e. The number of aliphatic hydroxyl groups is 1. The van der Waals surface area contributed by atoms with E-state index in [0.717, 1.165) is 12.1 Å². The first kappa shape index (κ1) is 15.6. The molecule has 0 fully saturated rings. The maximum absolute atomic E-state index is 12.7. The summed E-state index contributed by atoms with van der Waals surface area (Å²) in [5, 5.41) is 12.7. The maximum atomic E-state index is 12.7. The minimum atomic E-state index is -4.49. The van der Waals surface area contributed by atoms with Crippen LogP contribution in [0.5, 0.6) is 0 Å². The van der Waals surface area contributed by atoms with Gasteiger partial charge >= 0.3 is 6.18 Å². The van der Waals surface area contributed by atoms with Gasteiger partial charge in [0.2, 0.25) is 0 Å². The molecule has 1 aromatic heterocycles. The van der Waals surface area contributed by atoms with Gasteiger partial charge in [-0.25, -0.2) is 4.98 Å². The van der Waals surface area contributed by atoms with Crippen LogP contribution >= 0.6 is 0 Å². The molecule has 0 atom stereocenters. The van der Waals surface area contributed by atoms with Crippen LogP contribution in [0.2, 0.25) is 0 Å². The second-order valence-electron chi connectivity index (χ2n) is 5.47. The average molecular weight is 277 g/mol. The number of nitrogens with two attached hydrogens (primary N) is 1. The highest BCUT2D eigenvalue weighted by molar-refractivity contribution is 5.49. The summed E-state index contributed by atoms with van der Waals surface area (Å²) in [6.07, 6.45) is -4.49. The lowest BCUT2D eigenvalue weighted by Crippen LogP contribution is -2.51. The molecule has 0 saturated heterocycles. The lowest BCUT2D eigenvalue weighted by atomic mass is 9.86. The van der Waals surface area contributed by atoms with Crippen molar-refractivity contribution in [1.29, 1.82) is 0 Å². The standard InChI is InChI=1S/C12H18F3N3O/c1-10(2,11(3,4)19)18-9-6-7(12(13,14)15)5-8(16)17-9/h5-6,19H,1-4H3,(H3,16,17,18). The third-order valence-corrected chi connectivity index (χ3v) is 3.14.